The lowest BCUT2D eigenvalue weighted by atomic mass is 10.1. The molecule has 1 aliphatic rings. The van der Waals surface area contributed by atoms with E-state index in [1.807, 2.05) is 0 Å². The van der Waals surface area contributed by atoms with Crippen molar-refractivity contribution < 1.29 is 24.1 Å². The number of rotatable bonds is 5. The molecular weight excluding hydrogens is 325 g/mol. The lowest BCUT2D eigenvalue weighted by Crippen LogP contribution is -2.37. The number of nitrogens with zero attached hydrogens (tertiary/aromatic N) is 1. The average Bonchev–Trinajstić information content (AvgIpc) is 2.60. The van der Waals surface area contributed by atoms with E-state index in [9.17, 15) is 14.3 Å². The molecule has 25 heavy (non-hydrogen) atoms. The Morgan fingerprint density at radius 2 is 1.92 bits per heavy atom. The number of hydrogen-bond acceptors (Lipinski definition) is 4. The zero-order chi connectivity index (χ0) is 17.8. The number of benzene rings is 2. The predicted molar refractivity (Wildman–Crippen MR) is 90.4 cm³/mol. The predicted octanol–water partition coefficient (Wildman–Crippen LogP) is 3.27. The molecule has 0 atom stereocenters. The van der Waals surface area contributed by atoms with Gasteiger partial charge in [0.25, 0.3) is 0 Å². The lowest BCUT2D eigenvalue weighted by Gasteiger charge is -2.32. The van der Waals surface area contributed by atoms with E-state index in [2.05, 4.69) is 4.90 Å². The van der Waals surface area contributed by atoms with Crippen LogP contribution in [-0.4, -0.2) is 40.3 Å². The van der Waals surface area contributed by atoms with E-state index in [4.69, 9.17) is 9.84 Å². The molecule has 2 N–H and O–H groups in total. The second kappa shape index (κ2) is 7.53. The van der Waals surface area contributed by atoms with Gasteiger partial charge < -0.3 is 14.9 Å². The van der Waals surface area contributed by atoms with Gasteiger partial charge in [-0.05, 0) is 42.7 Å². The van der Waals surface area contributed by atoms with Crippen LogP contribution in [0.5, 0.6) is 11.5 Å². The lowest BCUT2D eigenvalue weighted by molar-refractivity contribution is 0.0693. The summed E-state index contributed by atoms with van der Waals surface area (Å²) in [5.41, 5.74) is 0.749. The van der Waals surface area contributed by atoms with Crippen LogP contribution in [-0.2, 0) is 6.54 Å². The van der Waals surface area contributed by atoms with E-state index in [1.165, 1.54) is 18.2 Å². The van der Waals surface area contributed by atoms with Crippen molar-refractivity contribution in [2.75, 3.05) is 13.1 Å². The zero-order valence-corrected chi connectivity index (χ0v) is 13.7. The van der Waals surface area contributed by atoms with Crippen LogP contribution in [0, 0.1) is 5.82 Å². The van der Waals surface area contributed by atoms with Crippen molar-refractivity contribution in [1.29, 1.82) is 0 Å². The molecule has 0 spiro atoms. The molecule has 1 aliphatic heterocycles. The molecule has 0 radical (unpaired) electrons. The summed E-state index contributed by atoms with van der Waals surface area (Å²) in [6, 6.07) is 11.0. The maximum Gasteiger partial charge on any atom is 0.339 e. The quantitative estimate of drug-likeness (QED) is 0.870. The normalized spacial score (nSPS) is 15.9. The molecule has 5 nitrogen and oxygen atoms in total. The number of carboxylic acid groups (broad SMARTS) is 1. The number of likely N-dealkylation sites (tertiary alicyclic amines) is 1. The molecule has 132 valence electrons. The number of hydrogen-bond donors (Lipinski definition) is 2. The molecule has 3 rings (SSSR count). The van der Waals surface area contributed by atoms with Crippen LogP contribution in [0.4, 0.5) is 4.39 Å². The van der Waals surface area contributed by atoms with E-state index in [-0.39, 0.29) is 29.0 Å². The Balaban J connectivity index is 1.55. The van der Waals surface area contributed by atoms with Crippen molar-refractivity contribution in [2.45, 2.75) is 25.5 Å². The summed E-state index contributed by atoms with van der Waals surface area (Å²) in [4.78, 5) is 13.3. The highest BCUT2D eigenvalue weighted by Crippen LogP contribution is 2.24. The van der Waals surface area contributed by atoms with Crippen LogP contribution in [0.1, 0.15) is 28.8 Å². The van der Waals surface area contributed by atoms with Crippen molar-refractivity contribution in [3.8, 4) is 11.5 Å². The van der Waals surface area contributed by atoms with Gasteiger partial charge in [-0.2, -0.15) is 0 Å². The molecule has 1 saturated heterocycles. The largest absolute Gasteiger partial charge is 0.507 e. The van der Waals surface area contributed by atoms with E-state index >= 15 is 0 Å². The first-order chi connectivity index (χ1) is 12.0. The molecule has 0 bridgehead atoms. The third kappa shape index (κ3) is 4.28. The standard InChI is InChI=1S/C19H20FNO4/c20-16-3-1-2-4-18(16)25-14-7-9-21(10-8-14)12-13-5-6-17(22)15(11-13)19(23)24/h1-6,11,14,22H,7-10,12H2,(H,23,24). The Bertz CT molecular complexity index is 757. The minimum Gasteiger partial charge on any atom is -0.507 e. The van der Waals surface area contributed by atoms with Gasteiger partial charge in [0.05, 0.1) is 0 Å². The smallest absolute Gasteiger partial charge is 0.339 e. The SMILES string of the molecule is O=C(O)c1cc(CN2CCC(Oc3ccccc3F)CC2)ccc1O. The second-order valence-electron chi connectivity index (χ2n) is 6.18. The Morgan fingerprint density at radius 3 is 2.60 bits per heavy atom. The highest BCUT2D eigenvalue weighted by atomic mass is 19.1. The molecular formula is C19H20FNO4. The number of ether oxygens (including phenoxy) is 1. The monoisotopic (exact) mass is 345 g/mol. The van der Waals surface area contributed by atoms with Crippen molar-refractivity contribution in [1.82, 2.24) is 4.90 Å². The topological polar surface area (TPSA) is 70.0 Å². The summed E-state index contributed by atoms with van der Waals surface area (Å²) < 4.78 is 19.4. The van der Waals surface area contributed by atoms with Gasteiger partial charge >= 0.3 is 5.97 Å². The number of carboxylic acids is 1. The first kappa shape index (κ1) is 17.2. The van der Waals surface area contributed by atoms with Crippen molar-refractivity contribution in [3.05, 3.63) is 59.4 Å². The highest BCUT2D eigenvalue weighted by molar-refractivity contribution is 5.90. The highest BCUT2D eigenvalue weighted by Gasteiger charge is 2.22. The maximum atomic E-state index is 13.6. The van der Waals surface area contributed by atoms with E-state index < -0.39 is 5.97 Å². The molecule has 0 unspecified atom stereocenters. The van der Waals surface area contributed by atoms with E-state index in [0.29, 0.717) is 6.54 Å². The van der Waals surface area contributed by atoms with Gasteiger partial charge in [0.15, 0.2) is 11.6 Å². The minimum absolute atomic E-state index is 0.0254. The number of aromatic carboxylic acids is 1. The number of phenols is 1. The summed E-state index contributed by atoms with van der Waals surface area (Å²) in [6.07, 6.45) is 1.53. The van der Waals surface area contributed by atoms with Crippen LogP contribution in [0.15, 0.2) is 42.5 Å². The van der Waals surface area contributed by atoms with Crippen LogP contribution < -0.4 is 4.74 Å². The fourth-order valence-electron chi connectivity index (χ4n) is 3.02. The minimum atomic E-state index is -1.14. The number of halogens is 1. The summed E-state index contributed by atoms with van der Waals surface area (Å²) in [6.45, 7) is 2.16. The van der Waals surface area contributed by atoms with Gasteiger partial charge in [-0.15, -0.1) is 0 Å². The molecule has 6 heteroatoms. The Hall–Kier alpha value is -2.60. The van der Waals surface area contributed by atoms with E-state index in [0.717, 1.165) is 31.5 Å². The van der Waals surface area contributed by atoms with E-state index in [1.54, 1.807) is 24.3 Å². The van der Waals surface area contributed by atoms with Crippen LogP contribution >= 0.6 is 0 Å². The molecule has 0 amide bonds. The average molecular weight is 345 g/mol. The first-order valence-corrected chi connectivity index (χ1v) is 8.21. The third-order valence-corrected chi connectivity index (χ3v) is 4.36. The number of aromatic hydroxyl groups is 1. The van der Waals surface area contributed by atoms with Gasteiger partial charge in [0.2, 0.25) is 0 Å². The summed E-state index contributed by atoms with van der Waals surface area (Å²) in [5, 5.41) is 18.6. The van der Waals surface area contributed by atoms with Crippen LogP contribution in [0.2, 0.25) is 0 Å². The Morgan fingerprint density at radius 1 is 1.20 bits per heavy atom. The Labute approximate surface area is 145 Å². The summed E-state index contributed by atoms with van der Waals surface area (Å²) in [5.74, 6) is -1.44. The second-order valence-corrected chi connectivity index (χ2v) is 6.18. The number of para-hydroxylation sites is 1. The fourth-order valence-corrected chi connectivity index (χ4v) is 3.02. The van der Waals surface area contributed by atoms with Crippen LogP contribution in [0.25, 0.3) is 0 Å². The molecule has 1 fully saturated rings. The summed E-state index contributed by atoms with van der Waals surface area (Å²) >= 11 is 0. The number of piperidine rings is 1. The molecule has 0 aromatic heterocycles. The molecule has 0 saturated carbocycles. The number of carbonyl (C=O) groups is 1. The fraction of sp³-hybridized carbons (Fsp3) is 0.316. The van der Waals surface area contributed by atoms with Crippen molar-refractivity contribution >= 4 is 5.97 Å². The molecule has 2 aromatic rings. The maximum absolute atomic E-state index is 13.6. The van der Waals surface area contributed by atoms with Gasteiger partial charge in [-0.3, -0.25) is 4.90 Å². The van der Waals surface area contributed by atoms with Gasteiger partial charge in [-0.1, -0.05) is 18.2 Å². The first-order valence-electron chi connectivity index (χ1n) is 8.21. The molecule has 2 aromatic carbocycles. The van der Waals surface area contributed by atoms with Crippen molar-refractivity contribution in [2.24, 2.45) is 0 Å². The molecule has 1 heterocycles. The van der Waals surface area contributed by atoms with Gasteiger partial charge in [0.1, 0.15) is 17.4 Å². The zero-order valence-electron chi connectivity index (χ0n) is 13.7. The van der Waals surface area contributed by atoms with Gasteiger partial charge in [-0.25, -0.2) is 9.18 Å². The van der Waals surface area contributed by atoms with Crippen LogP contribution in [0.3, 0.4) is 0 Å². The molecule has 0 aliphatic carbocycles. The van der Waals surface area contributed by atoms with Crippen molar-refractivity contribution in [3.63, 3.8) is 0 Å². The van der Waals surface area contributed by atoms with Gasteiger partial charge in [0, 0.05) is 19.6 Å². The summed E-state index contributed by atoms with van der Waals surface area (Å²) in [7, 11) is 0. The third-order valence-electron chi connectivity index (χ3n) is 4.36. The Kier molecular flexibility index (Phi) is 5.19.